The molecule has 1 unspecified atom stereocenters. The first kappa shape index (κ1) is 24.4. The van der Waals surface area contributed by atoms with Crippen molar-refractivity contribution in [3.8, 4) is 0 Å². The molecule has 1 saturated carbocycles. The topological polar surface area (TPSA) is 97.1 Å². The summed E-state index contributed by atoms with van der Waals surface area (Å²) in [6, 6.07) is 4.38. The van der Waals surface area contributed by atoms with Crippen molar-refractivity contribution >= 4 is 12.1 Å². The van der Waals surface area contributed by atoms with Crippen molar-refractivity contribution in [2.75, 3.05) is 19.7 Å². The molecule has 180 valence electrons. The van der Waals surface area contributed by atoms with Gasteiger partial charge in [-0.2, -0.15) is 0 Å². The molecule has 0 bridgehead atoms. The smallest absolute Gasteiger partial charge is 0.407 e. The van der Waals surface area contributed by atoms with E-state index in [0.717, 1.165) is 69.8 Å². The van der Waals surface area contributed by atoms with Gasteiger partial charge in [0.1, 0.15) is 11.4 Å². The number of hydrogen-bond acceptors (Lipinski definition) is 5. The third-order valence-corrected chi connectivity index (χ3v) is 5.76. The van der Waals surface area contributed by atoms with Crippen LogP contribution >= 0.6 is 0 Å². The molecule has 3 rings (SSSR count). The zero-order valence-electron chi connectivity index (χ0n) is 19.8. The van der Waals surface area contributed by atoms with Crippen LogP contribution in [0.5, 0.6) is 0 Å². The van der Waals surface area contributed by atoms with Gasteiger partial charge in [0.15, 0.2) is 5.96 Å². The van der Waals surface area contributed by atoms with E-state index in [1.54, 1.807) is 6.26 Å². The molecule has 2 heterocycles. The van der Waals surface area contributed by atoms with Gasteiger partial charge in [-0.25, -0.2) is 4.79 Å². The van der Waals surface area contributed by atoms with E-state index in [1.165, 1.54) is 6.42 Å². The van der Waals surface area contributed by atoms with E-state index in [-0.39, 0.29) is 18.2 Å². The zero-order valence-corrected chi connectivity index (χ0v) is 19.8. The van der Waals surface area contributed by atoms with Crippen molar-refractivity contribution in [2.45, 2.75) is 95.9 Å². The van der Waals surface area contributed by atoms with Crippen LogP contribution in [0.15, 0.2) is 27.8 Å². The Morgan fingerprint density at radius 1 is 1.12 bits per heavy atom. The van der Waals surface area contributed by atoms with Crippen LogP contribution < -0.4 is 16.0 Å². The van der Waals surface area contributed by atoms with Crippen LogP contribution in [-0.4, -0.2) is 55.5 Å². The van der Waals surface area contributed by atoms with Gasteiger partial charge in [-0.15, -0.1) is 0 Å². The maximum Gasteiger partial charge on any atom is 0.407 e. The lowest BCUT2D eigenvalue weighted by molar-refractivity contribution is 0.0224. The van der Waals surface area contributed by atoms with Crippen LogP contribution in [-0.2, 0) is 15.9 Å². The monoisotopic (exact) mass is 448 g/mol. The van der Waals surface area contributed by atoms with Gasteiger partial charge in [-0.3, -0.25) is 4.99 Å². The van der Waals surface area contributed by atoms with Gasteiger partial charge < -0.3 is 29.8 Å². The van der Waals surface area contributed by atoms with Gasteiger partial charge in [-0.1, -0.05) is 0 Å². The second-order valence-corrected chi connectivity index (χ2v) is 9.77. The van der Waals surface area contributed by atoms with E-state index < -0.39 is 5.60 Å². The number of amides is 1. The summed E-state index contributed by atoms with van der Waals surface area (Å²) in [5, 5.41) is 10.0. The summed E-state index contributed by atoms with van der Waals surface area (Å²) in [5.41, 5.74) is -0.475. The summed E-state index contributed by atoms with van der Waals surface area (Å²) in [6.07, 6.45) is 9.60. The largest absolute Gasteiger partial charge is 0.469 e. The molecule has 3 N–H and O–H groups in total. The summed E-state index contributed by atoms with van der Waals surface area (Å²) >= 11 is 0. The van der Waals surface area contributed by atoms with Gasteiger partial charge in [0.05, 0.1) is 18.9 Å². The third-order valence-electron chi connectivity index (χ3n) is 5.76. The van der Waals surface area contributed by atoms with Crippen molar-refractivity contribution in [1.82, 2.24) is 16.0 Å². The van der Waals surface area contributed by atoms with Crippen LogP contribution in [0.3, 0.4) is 0 Å². The summed E-state index contributed by atoms with van der Waals surface area (Å²) in [7, 11) is 0. The summed E-state index contributed by atoms with van der Waals surface area (Å²) in [5.74, 6) is 1.79. The predicted octanol–water partition coefficient (Wildman–Crippen LogP) is 3.76. The van der Waals surface area contributed by atoms with E-state index in [2.05, 4.69) is 16.0 Å². The van der Waals surface area contributed by atoms with Crippen molar-refractivity contribution in [1.29, 1.82) is 0 Å². The molecule has 0 spiro atoms. The molecule has 32 heavy (non-hydrogen) atoms. The number of guanidine groups is 1. The Morgan fingerprint density at radius 3 is 2.50 bits per heavy atom. The first-order valence-corrected chi connectivity index (χ1v) is 12.1. The van der Waals surface area contributed by atoms with Crippen LogP contribution in [0.25, 0.3) is 0 Å². The second-order valence-electron chi connectivity index (χ2n) is 9.77. The average Bonchev–Trinajstić information content (AvgIpc) is 3.26. The first-order chi connectivity index (χ1) is 15.4. The third kappa shape index (κ3) is 9.10. The highest BCUT2D eigenvalue weighted by Gasteiger charge is 2.25. The molecular formula is C24H40N4O4. The highest BCUT2D eigenvalue weighted by atomic mass is 16.6. The van der Waals surface area contributed by atoms with Gasteiger partial charge in [0, 0.05) is 31.7 Å². The highest BCUT2D eigenvalue weighted by molar-refractivity contribution is 5.80. The molecule has 1 atom stereocenters. The zero-order chi connectivity index (χ0) is 22.8. The number of nitrogens with one attached hydrogen (secondary N) is 3. The second kappa shape index (κ2) is 12.1. The number of ether oxygens (including phenoxy) is 2. The first-order valence-electron chi connectivity index (χ1n) is 12.1. The van der Waals surface area contributed by atoms with E-state index in [1.807, 2.05) is 32.9 Å². The van der Waals surface area contributed by atoms with Gasteiger partial charge in [0.25, 0.3) is 0 Å². The number of furan rings is 1. The van der Waals surface area contributed by atoms with Crippen molar-refractivity contribution in [3.05, 3.63) is 24.2 Å². The molecule has 1 saturated heterocycles. The van der Waals surface area contributed by atoms with Crippen LogP contribution in [0.4, 0.5) is 4.79 Å². The van der Waals surface area contributed by atoms with E-state index in [0.29, 0.717) is 12.6 Å². The fourth-order valence-corrected chi connectivity index (χ4v) is 4.11. The van der Waals surface area contributed by atoms with Crippen LogP contribution in [0, 0.1) is 0 Å². The van der Waals surface area contributed by atoms with Gasteiger partial charge in [-0.05, 0) is 77.8 Å². The maximum absolute atomic E-state index is 12.0. The molecule has 2 aliphatic rings. The van der Waals surface area contributed by atoms with Crippen molar-refractivity contribution in [2.24, 2.45) is 4.99 Å². The van der Waals surface area contributed by atoms with Crippen molar-refractivity contribution in [3.63, 3.8) is 0 Å². The Balaban J connectivity index is 1.46. The molecule has 8 heteroatoms. The van der Waals surface area contributed by atoms with E-state index >= 15 is 0 Å². The summed E-state index contributed by atoms with van der Waals surface area (Å²) in [6.45, 7) is 7.90. The molecule has 8 nitrogen and oxygen atoms in total. The standard InChI is InChI=1S/C24H40N4O4/c1-24(2,3)32-23(29)28-19-11-9-18(10-12-19)27-22(25-14-13-20-8-6-16-30-20)26-17-21-7-4-5-15-31-21/h6,8,16,18-19,21H,4-5,7,9-15,17H2,1-3H3,(H,28,29)(H2,25,26,27). The molecule has 1 aliphatic heterocycles. The molecular weight excluding hydrogens is 408 g/mol. The Kier molecular flexibility index (Phi) is 9.26. The number of nitrogens with zero attached hydrogens (tertiary/aromatic N) is 1. The van der Waals surface area contributed by atoms with Crippen LogP contribution in [0.1, 0.15) is 71.5 Å². The summed E-state index contributed by atoms with van der Waals surface area (Å²) < 4.78 is 16.6. The maximum atomic E-state index is 12.0. The lowest BCUT2D eigenvalue weighted by Gasteiger charge is -2.31. The lowest BCUT2D eigenvalue weighted by atomic mass is 9.91. The van der Waals surface area contributed by atoms with Crippen molar-refractivity contribution < 1.29 is 18.7 Å². The number of hydrogen-bond donors (Lipinski definition) is 3. The molecule has 1 aromatic heterocycles. The van der Waals surface area contributed by atoms with E-state index in [4.69, 9.17) is 18.9 Å². The Hall–Kier alpha value is -2.22. The fourth-order valence-electron chi connectivity index (χ4n) is 4.11. The number of carbonyl (C=O) groups excluding carboxylic acids is 1. The number of alkyl carbamates (subject to hydrolysis) is 1. The quantitative estimate of drug-likeness (QED) is 0.434. The molecule has 0 radical (unpaired) electrons. The predicted molar refractivity (Wildman–Crippen MR) is 125 cm³/mol. The number of aliphatic imine (C=N–C) groups is 1. The molecule has 0 aromatic carbocycles. The number of rotatable bonds is 7. The van der Waals surface area contributed by atoms with E-state index in [9.17, 15) is 4.79 Å². The minimum Gasteiger partial charge on any atom is -0.469 e. The molecule has 1 amide bonds. The lowest BCUT2D eigenvalue weighted by Crippen LogP contribution is -2.48. The fraction of sp³-hybridized carbons (Fsp3) is 0.750. The molecule has 2 fully saturated rings. The Morgan fingerprint density at radius 2 is 1.88 bits per heavy atom. The summed E-state index contributed by atoms with van der Waals surface area (Å²) in [4.78, 5) is 16.9. The average molecular weight is 449 g/mol. The SMILES string of the molecule is CC(C)(C)OC(=O)NC1CCC(NC(=NCC2CCCCO2)NCCc2ccco2)CC1. The molecule has 1 aromatic rings. The van der Waals surface area contributed by atoms with Gasteiger partial charge >= 0.3 is 6.09 Å². The van der Waals surface area contributed by atoms with Crippen LogP contribution in [0.2, 0.25) is 0 Å². The minimum atomic E-state index is -0.475. The Bertz CT molecular complexity index is 700. The Labute approximate surface area is 191 Å². The highest BCUT2D eigenvalue weighted by Crippen LogP contribution is 2.19. The van der Waals surface area contributed by atoms with Gasteiger partial charge in [0.2, 0.25) is 0 Å². The normalized spacial score (nSPS) is 24.6. The minimum absolute atomic E-state index is 0.158. The molecule has 1 aliphatic carbocycles. The number of carbonyl (C=O) groups is 1.